The molecule has 1 aliphatic heterocycles. The van der Waals surface area contributed by atoms with E-state index < -0.39 is 11.9 Å². The van der Waals surface area contributed by atoms with Crippen molar-refractivity contribution in [2.24, 2.45) is 0 Å². The number of nitrogens with one attached hydrogen (secondary N) is 1. The molecule has 2 rings (SSSR count). The van der Waals surface area contributed by atoms with Gasteiger partial charge >= 0.3 is 6.18 Å². The molecule has 0 radical (unpaired) electrons. The first-order valence-corrected chi connectivity index (χ1v) is 6.86. The van der Waals surface area contributed by atoms with Gasteiger partial charge in [-0.2, -0.15) is 18.2 Å². The Morgan fingerprint density at radius 1 is 1.24 bits per heavy atom. The minimum atomic E-state index is -4.47. The van der Waals surface area contributed by atoms with Crippen molar-refractivity contribution in [3.8, 4) is 0 Å². The van der Waals surface area contributed by atoms with Crippen LogP contribution in [0.25, 0.3) is 0 Å². The molecular formula is C13H20F3N5. The second-order valence-electron chi connectivity index (χ2n) is 5.36. The number of hydrogen-bond acceptors (Lipinski definition) is 5. The fourth-order valence-electron chi connectivity index (χ4n) is 2.46. The van der Waals surface area contributed by atoms with Crippen LogP contribution in [0.4, 0.5) is 24.9 Å². The average Bonchev–Trinajstić information content (AvgIpc) is 2.46. The fraction of sp³-hybridized carbons (Fsp3) is 0.692. The van der Waals surface area contributed by atoms with Gasteiger partial charge in [-0.1, -0.05) is 0 Å². The largest absolute Gasteiger partial charge is 0.433 e. The molecule has 0 amide bonds. The molecule has 1 aromatic rings. The zero-order chi connectivity index (χ0) is 15.6. The average molecular weight is 303 g/mol. The van der Waals surface area contributed by atoms with Crippen LogP contribution in [0.1, 0.15) is 18.5 Å². The third-order valence-electron chi connectivity index (χ3n) is 3.75. The van der Waals surface area contributed by atoms with E-state index in [9.17, 15) is 13.2 Å². The second-order valence-corrected chi connectivity index (χ2v) is 5.36. The number of rotatable bonds is 3. The summed E-state index contributed by atoms with van der Waals surface area (Å²) in [4.78, 5) is 11.7. The van der Waals surface area contributed by atoms with E-state index in [0.717, 1.165) is 18.9 Å². The number of anilines is 2. The molecule has 5 nitrogen and oxygen atoms in total. The van der Waals surface area contributed by atoms with E-state index in [-0.39, 0.29) is 5.95 Å². The Kier molecular flexibility index (Phi) is 4.55. The van der Waals surface area contributed by atoms with Crippen molar-refractivity contribution in [3.05, 3.63) is 11.8 Å². The van der Waals surface area contributed by atoms with Gasteiger partial charge < -0.3 is 15.1 Å². The molecule has 0 saturated carbocycles. The summed E-state index contributed by atoms with van der Waals surface area (Å²) in [5.41, 5.74) is -0.911. The molecule has 0 atom stereocenters. The lowest BCUT2D eigenvalue weighted by molar-refractivity contribution is -0.141. The molecule has 1 saturated heterocycles. The highest BCUT2D eigenvalue weighted by Gasteiger charge is 2.34. The first-order valence-electron chi connectivity index (χ1n) is 6.86. The predicted molar refractivity (Wildman–Crippen MR) is 75.5 cm³/mol. The van der Waals surface area contributed by atoms with Crippen molar-refractivity contribution in [2.45, 2.75) is 25.1 Å². The van der Waals surface area contributed by atoms with Gasteiger partial charge in [0.05, 0.1) is 0 Å². The quantitative estimate of drug-likeness (QED) is 0.926. The molecule has 0 unspecified atom stereocenters. The van der Waals surface area contributed by atoms with E-state index in [1.54, 1.807) is 0 Å². The number of nitrogens with zero attached hydrogens (tertiary/aromatic N) is 4. The van der Waals surface area contributed by atoms with Crippen LogP contribution in [0, 0.1) is 0 Å². The van der Waals surface area contributed by atoms with Gasteiger partial charge in [-0.3, -0.25) is 0 Å². The summed E-state index contributed by atoms with van der Waals surface area (Å²) in [5.74, 6) is 0.327. The van der Waals surface area contributed by atoms with Crippen LogP contribution in [0.15, 0.2) is 6.07 Å². The van der Waals surface area contributed by atoms with Crippen LogP contribution >= 0.6 is 0 Å². The normalized spacial score (nSPS) is 17.4. The Morgan fingerprint density at radius 3 is 2.33 bits per heavy atom. The highest BCUT2D eigenvalue weighted by atomic mass is 19.4. The van der Waals surface area contributed by atoms with E-state index in [0.29, 0.717) is 24.9 Å². The summed E-state index contributed by atoms with van der Waals surface area (Å²) >= 11 is 0. The Labute approximate surface area is 122 Å². The van der Waals surface area contributed by atoms with Gasteiger partial charge in [0.2, 0.25) is 5.95 Å². The molecule has 0 aliphatic carbocycles. The maximum atomic E-state index is 12.9. The van der Waals surface area contributed by atoms with Crippen LogP contribution in [0.2, 0.25) is 0 Å². The first-order chi connectivity index (χ1) is 9.81. The van der Waals surface area contributed by atoms with Crippen LogP contribution < -0.4 is 10.2 Å². The molecule has 21 heavy (non-hydrogen) atoms. The van der Waals surface area contributed by atoms with Gasteiger partial charge in [-0.15, -0.1) is 0 Å². The first kappa shape index (κ1) is 15.8. The molecule has 1 fully saturated rings. The van der Waals surface area contributed by atoms with Gasteiger partial charge in [0.1, 0.15) is 5.82 Å². The number of halogens is 3. The molecular weight excluding hydrogens is 283 g/mol. The maximum absolute atomic E-state index is 12.9. The standard InChI is InChI=1S/C13H20F3N5/c1-17-12-18-10(13(14,15)16)8-11(19-12)21-6-4-9(5-7-21)20(2)3/h8-9H,4-7H2,1-3H3,(H,17,18,19). The van der Waals surface area contributed by atoms with Gasteiger partial charge in [0, 0.05) is 32.2 Å². The minimum absolute atomic E-state index is 0.00504. The predicted octanol–water partition coefficient (Wildman–Crippen LogP) is 2.07. The third kappa shape index (κ3) is 3.75. The number of aromatic nitrogens is 2. The van der Waals surface area contributed by atoms with Gasteiger partial charge in [0.15, 0.2) is 5.69 Å². The molecule has 2 heterocycles. The summed E-state index contributed by atoms with van der Waals surface area (Å²) in [5, 5.41) is 2.59. The molecule has 1 aliphatic rings. The lowest BCUT2D eigenvalue weighted by atomic mass is 10.0. The summed E-state index contributed by atoms with van der Waals surface area (Å²) in [6.07, 6.45) is -2.65. The number of piperidine rings is 1. The molecule has 0 aromatic carbocycles. The molecule has 0 spiro atoms. The minimum Gasteiger partial charge on any atom is -0.357 e. The van der Waals surface area contributed by atoms with Crippen molar-refractivity contribution in [1.29, 1.82) is 0 Å². The zero-order valence-corrected chi connectivity index (χ0v) is 12.4. The van der Waals surface area contributed by atoms with E-state index >= 15 is 0 Å². The monoisotopic (exact) mass is 303 g/mol. The molecule has 1 aromatic heterocycles. The number of alkyl halides is 3. The zero-order valence-electron chi connectivity index (χ0n) is 12.4. The topological polar surface area (TPSA) is 44.3 Å². The van der Waals surface area contributed by atoms with Crippen molar-refractivity contribution in [2.75, 3.05) is 44.4 Å². The Balaban J connectivity index is 2.20. The summed E-state index contributed by atoms with van der Waals surface area (Å²) in [6.45, 7) is 1.39. The van der Waals surface area contributed by atoms with Crippen LogP contribution in [0.3, 0.4) is 0 Å². The highest BCUT2D eigenvalue weighted by Crippen LogP contribution is 2.31. The van der Waals surface area contributed by atoms with Gasteiger partial charge in [-0.05, 0) is 26.9 Å². The SMILES string of the molecule is CNc1nc(N2CCC(N(C)C)CC2)cc(C(F)(F)F)n1. The summed E-state index contributed by atoms with van der Waals surface area (Å²) in [6, 6.07) is 1.49. The third-order valence-corrected chi connectivity index (χ3v) is 3.75. The van der Waals surface area contributed by atoms with Crippen molar-refractivity contribution in [3.63, 3.8) is 0 Å². The maximum Gasteiger partial charge on any atom is 0.433 e. The van der Waals surface area contributed by atoms with Crippen LogP contribution in [0.5, 0.6) is 0 Å². The van der Waals surface area contributed by atoms with Crippen molar-refractivity contribution < 1.29 is 13.2 Å². The van der Waals surface area contributed by atoms with E-state index in [2.05, 4.69) is 20.2 Å². The highest BCUT2D eigenvalue weighted by molar-refractivity contribution is 5.45. The fourth-order valence-corrected chi connectivity index (χ4v) is 2.46. The lowest BCUT2D eigenvalue weighted by Gasteiger charge is -2.36. The molecule has 8 heteroatoms. The molecule has 118 valence electrons. The second kappa shape index (κ2) is 6.05. The Hall–Kier alpha value is -1.57. The lowest BCUT2D eigenvalue weighted by Crippen LogP contribution is -2.42. The van der Waals surface area contributed by atoms with Gasteiger partial charge in [0.25, 0.3) is 0 Å². The Bertz CT molecular complexity index is 481. The van der Waals surface area contributed by atoms with E-state index in [1.807, 2.05) is 19.0 Å². The number of hydrogen-bond donors (Lipinski definition) is 1. The van der Waals surface area contributed by atoms with E-state index in [4.69, 9.17) is 0 Å². The summed E-state index contributed by atoms with van der Waals surface area (Å²) < 4.78 is 38.6. The van der Waals surface area contributed by atoms with Crippen molar-refractivity contribution >= 4 is 11.8 Å². The van der Waals surface area contributed by atoms with E-state index in [1.165, 1.54) is 7.05 Å². The van der Waals surface area contributed by atoms with Gasteiger partial charge in [-0.25, -0.2) is 4.98 Å². The van der Waals surface area contributed by atoms with Crippen LogP contribution in [-0.4, -0.2) is 55.1 Å². The summed E-state index contributed by atoms with van der Waals surface area (Å²) in [7, 11) is 5.55. The van der Waals surface area contributed by atoms with Crippen molar-refractivity contribution in [1.82, 2.24) is 14.9 Å². The smallest absolute Gasteiger partial charge is 0.357 e. The van der Waals surface area contributed by atoms with Crippen LogP contribution in [-0.2, 0) is 6.18 Å². The molecule has 1 N–H and O–H groups in total. The Morgan fingerprint density at radius 2 is 1.86 bits per heavy atom. The molecule has 0 bridgehead atoms.